The Bertz CT molecular complexity index is 1030. The molecule has 1 unspecified atom stereocenters. The van der Waals surface area contributed by atoms with Crippen molar-refractivity contribution in [2.45, 2.75) is 25.3 Å². The van der Waals surface area contributed by atoms with Gasteiger partial charge in [-0.15, -0.1) is 11.3 Å². The van der Waals surface area contributed by atoms with Crippen LogP contribution >= 0.6 is 11.3 Å². The van der Waals surface area contributed by atoms with Crippen LogP contribution in [0.4, 0.5) is 4.39 Å². The molecule has 2 aromatic carbocycles. The molecule has 162 valence electrons. The first-order valence-corrected chi connectivity index (χ1v) is 11.4. The first-order valence-electron chi connectivity index (χ1n) is 10.5. The number of carbonyl (C=O) groups is 1. The van der Waals surface area contributed by atoms with E-state index in [0.717, 1.165) is 30.0 Å². The lowest BCUT2D eigenvalue weighted by atomic mass is 10.0. The number of amides is 1. The Morgan fingerprint density at radius 2 is 2.03 bits per heavy atom. The number of ether oxygens (including phenoxy) is 1. The number of benzene rings is 2. The molecule has 0 saturated carbocycles. The third kappa shape index (κ3) is 5.48. The summed E-state index contributed by atoms with van der Waals surface area (Å²) in [5.74, 6) is 0.459. The summed E-state index contributed by atoms with van der Waals surface area (Å²) in [5, 5.41) is 5.66. The van der Waals surface area contributed by atoms with Crippen LogP contribution in [0.3, 0.4) is 0 Å². The predicted octanol–water partition coefficient (Wildman–Crippen LogP) is 4.45. The maximum absolute atomic E-state index is 13.5. The summed E-state index contributed by atoms with van der Waals surface area (Å²) in [7, 11) is 1.66. The lowest BCUT2D eigenvalue weighted by molar-refractivity contribution is -0.120. The van der Waals surface area contributed by atoms with Crippen molar-refractivity contribution in [3.8, 4) is 16.3 Å². The van der Waals surface area contributed by atoms with Crippen LogP contribution in [0.2, 0.25) is 0 Å². The molecule has 1 aromatic heterocycles. The van der Waals surface area contributed by atoms with Crippen LogP contribution in [0.1, 0.15) is 30.1 Å². The van der Waals surface area contributed by atoms with Gasteiger partial charge in [-0.1, -0.05) is 24.3 Å². The molecule has 0 aliphatic carbocycles. The van der Waals surface area contributed by atoms with Gasteiger partial charge in [0.25, 0.3) is 0 Å². The predicted molar refractivity (Wildman–Crippen MR) is 121 cm³/mol. The molecule has 1 fully saturated rings. The minimum Gasteiger partial charge on any atom is -0.497 e. The molecule has 7 heteroatoms. The standard InChI is InChI=1S/C24H26FN3O2S/c1-30-21-9-5-6-17(13-21)22(28-10-2-3-11-28)15-26-23(29)14-20-16-31-24(27-20)18-7-4-8-19(25)12-18/h4-9,12-13,16,22H,2-3,10-11,14-15H2,1H3,(H,26,29). The van der Waals surface area contributed by atoms with Gasteiger partial charge >= 0.3 is 0 Å². The van der Waals surface area contributed by atoms with Gasteiger partial charge < -0.3 is 10.1 Å². The maximum atomic E-state index is 13.5. The van der Waals surface area contributed by atoms with Crippen molar-refractivity contribution in [2.75, 3.05) is 26.7 Å². The number of nitrogens with one attached hydrogen (secondary N) is 1. The lowest BCUT2D eigenvalue weighted by Crippen LogP contribution is -2.37. The number of aromatic nitrogens is 1. The number of carbonyl (C=O) groups excluding carboxylic acids is 1. The SMILES string of the molecule is COc1cccc(C(CNC(=O)Cc2csc(-c3cccc(F)c3)n2)N2CCCC2)c1. The van der Waals surface area contributed by atoms with E-state index in [1.807, 2.05) is 29.6 Å². The minimum absolute atomic E-state index is 0.0665. The molecular weight excluding hydrogens is 413 g/mol. The van der Waals surface area contributed by atoms with Gasteiger partial charge in [-0.3, -0.25) is 9.69 Å². The zero-order valence-electron chi connectivity index (χ0n) is 17.5. The van der Waals surface area contributed by atoms with E-state index >= 15 is 0 Å². The third-order valence-electron chi connectivity index (χ3n) is 5.52. The summed E-state index contributed by atoms with van der Waals surface area (Å²) in [6.45, 7) is 2.59. The largest absolute Gasteiger partial charge is 0.497 e. The third-order valence-corrected chi connectivity index (χ3v) is 6.46. The summed E-state index contributed by atoms with van der Waals surface area (Å²) < 4.78 is 18.8. The zero-order chi connectivity index (χ0) is 21.6. The van der Waals surface area contributed by atoms with E-state index in [-0.39, 0.29) is 24.2 Å². The molecular formula is C24H26FN3O2S. The average Bonchev–Trinajstić information content (AvgIpc) is 3.47. The van der Waals surface area contributed by atoms with Crippen LogP contribution in [-0.2, 0) is 11.2 Å². The van der Waals surface area contributed by atoms with E-state index in [0.29, 0.717) is 17.2 Å². The van der Waals surface area contributed by atoms with Crippen LogP contribution in [-0.4, -0.2) is 42.5 Å². The Morgan fingerprint density at radius 1 is 1.23 bits per heavy atom. The molecule has 0 radical (unpaired) electrons. The molecule has 31 heavy (non-hydrogen) atoms. The van der Waals surface area contributed by atoms with E-state index in [1.54, 1.807) is 13.2 Å². The van der Waals surface area contributed by atoms with Gasteiger partial charge in [-0.25, -0.2) is 9.37 Å². The van der Waals surface area contributed by atoms with Crippen molar-refractivity contribution in [1.82, 2.24) is 15.2 Å². The van der Waals surface area contributed by atoms with Gasteiger partial charge in [0.2, 0.25) is 5.91 Å². The van der Waals surface area contributed by atoms with Gasteiger partial charge in [0.05, 0.1) is 25.3 Å². The van der Waals surface area contributed by atoms with Gasteiger partial charge in [0.15, 0.2) is 0 Å². The number of hydrogen-bond donors (Lipinski definition) is 1. The van der Waals surface area contributed by atoms with Crippen LogP contribution in [0.5, 0.6) is 5.75 Å². The average molecular weight is 440 g/mol. The second kappa shape index (κ2) is 10.0. The van der Waals surface area contributed by atoms with E-state index in [2.05, 4.69) is 21.3 Å². The lowest BCUT2D eigenvalue weighted by Gasteiger charge is -2.28. The normalized spacial score (nSPS) is 15.0. The van der Waals surface area contributed by atoms with Crippen molar-refractivity contribution in [2.24, 2.45) is 0 Å². The monoisotopic (exact) mass is 439 g/mol. The fourth-order valence-corrected chi connectivity index (χ4v) is 4.76. The molecule has 3 aromatic rings. The number of thiazole rings is 1. The van der Waals surface area contributed by atoms with Gasteiger partial charge in [0, 0.05) is 17.5 Å². The number of nitrogens with zero attached hydrogens (tertiary/aromatic N) is 2. The minimum atomic E-state index is -0.294. The van der Waals surface area contributed by atoms with Crippen LogP contribution in [0, 0.1) is 5.82 Å². The van der Waals surface area contributed by atoms with Crippen molar-refractivity contribution < 1.29 is 13.9 Å². The van der Waals surface area contributed by atoms with E-state index in [1.165, 1.54) is 36.3 Å². The molecule has 1 N–H and O–H groups in total. The number of rotatable bonds is 8. The Balaban J connectivity index is 1.40. The van der Waals surface area contributed by atoms with Gasteiger partial charge in [0.1, 0.15) is 16.6 Å². The van der Waals surface area contributed by atoms with Crippen LogP contribution in [0.25, 0.3) is 10.6 Å². The number of likely N-dealkylation sites (tertiary alicyclic amines) is 1. The highest BCUT2D eigenvalue weighted by atomic mass is 32.1. The Hall–Kier alpha value is -2.77. The molecule has 1 aliphatic heterocycles. The summed E-state index contributed by atoms with van der Waals surface area (Å²) in [6.07, 6.45) is 2.56. The fourth-order valence-electron chi connectivity index (χ4n) is 3.94. The second-order valence-corrected chi connectivity index (χ2v) is 8.53. The highest BCUT2D eigenvalue weighted by Crippen LogP contribution is 2.27. The Morgan fingerprint density at radius 3 is 2.81 bits per heavy atom. The topological polar surface area (TPSA) is 54.5 Å². The summed E-state index contributed by atoms with van der Waals surface area (Å²) >= 11 is 1.42. The number of hydrogen-bond acceptors (Lipinski definition) is 5. The number of halogens is 1. The fraction of sp³-hybridized carbons (Fsp3) is 0.333. The first-order chi connectivity index (χ1) is 15.1. The first kappa shape index (κ1) is 21.5. The van der Waals surface area contributed by atoms with E-state index in [9.17, 15) is 9.18 Å². The highest BCUT2D eigenvalue weighted by molar-refractivity contribution is 7.13. The van der Waals surface area contributed by atoms with Crippen molar-refractivity contribution in [3.63, 3.8) is 0 Å². The van der Waals surface area contributed by atoms with Gasteiger partial charge in [-0.05, 0) is 55.8 Å². The van der Waals surface area contributed by atoms with Crippen molar-refractivity contribution in [3.05, 3.63) is 71.0 Å². The van der Waals surface area contributed by atoms with Crippen molar-refractivity contribution >= 4 is 17.2 Å². The summed E-state index contributed by atoms with van der Waals surface area (Å²) in [6, 6.07) is 14.5. The molecule has 1 amide bonds. The molecule has 5 nitrogen and oxygen atoms in total. The molecule has 2 heterocycles. The molecule has 0 spiro atoms. The zero-order valence-corrected chi connectivity index (χ0v) is 18.3. The Kier molecular flexibility index (Phi) is 6.94. The van der Waals surface area contributed by atoms with Crippen molar-refractivity contribution in [1.29, 1.82) is 0 Å². The van der Waals surface area contributed by atoms with E-state index in [4.69, 9.17) is 4.74 Å². The maximum Gasteiger partial charge on any atom is 0.226 e. The Labute approximate surface area is 185 Å². The molecule has 1 aliphatic rings. The van der Waals surface area contributed by atoms with Crippen LogP contribution < -0.4 is 10.1 Å². The molecule has 4 rings (SSSR count). The van der Waals surface area contributed by atoms with E-state index < -0.39 is 0 Å². The molecule has 0 bridgehead atoms. The highest BCUT2D eigenvalue weighted by Gasteiger charge is 2.24. The summed E-state index contributed by atoms with van der Waals surface area (Å²) in [5.41, 5.74) is 2.56. The van der Waals surface area contributed by atoms with Gasteiger partial charge in [-0.2, -0.15) is 0 Å². The second-order valence-electron chi connectivity index (χ2n) is 7.67. The number of methoxy groups -OCH3 is 1. The quantitative estimate of drug-likeness (QED) is 0.563. The molecule has 1 atom stereocenters. The smallest absolute Gasteiger partial charge is 0.226 e. The summed E-state index contributed by atoms with van der Waals surface area (Å²) in [4.78, 5) is 19.6. The molecule has 1 saturated heterocycles. The van der Waals surface area contributed by atoms with Crippen LogP contribution in [0.15, 0.2) is 53.9 Å².